The molecule has 2 heterocycles. The van der Waals surface area contributed by atoms with Crippen molar-refractivity contribution in [1.82, 2.24) is 25.2 Å². The standard InChI is InChI=1S/C16H13F4N5O/c1-10-2-5-14(21-7-10)16(19,20)15(26,8-25-9-22-23-24-25)12-4-3-11(17)6-13(12)18/h2-7,9,26H,8H2,1H3/t15-/m0/s1. The van der Waals surface area contributed by atoms with Crippen molar-refractivity contribution in [2.24, 2.45) is 0 Å². The Morgan fingerprint density at radius 3 is 2.50 bits per heavy atom. The molecule has 0 amide bonds. The summed E-state index contributed by atoms with van der Waals surface area (Å²) < 4.78 is 58.8. The first kappa shape index (κ1) is 17.9. The number of hydrogen-bond acceptors (Lipinski definition) is 5. The van der Waals surface area contributed by atoms with Crippen molar-refractivity contribution in [1.29, 1.82) is 0 Å². The number of aryl methyl sites for hydroxylation is 1. The van der Waals surface area contributed by atoms with Crippen LogP contribution in [0.5, 0.6) is 0 Å². The van der Waals surface area contributed by atoms with Gasteiger partial charge < -0.3 is 5.11 Å². The number of alkyl halides is 2. The van der Waals surface area contributed by atoms with E-state index in [0.29, 0.717) is 11.6 Å². The van der Waals surface area contributed by atoms with Crippen LogP contribution >= 0.6 is 0 Å². The summed E-state index contributed by atoms with van der Waals surface area (Å²) in [6.45, 7) is 0.771. The molecule has 26 heavy (non-hydrogen) atoms. The number of aliphatic hydroxyl groups is 1. The van der Waals surface area contributed by atoms with Gasteiger partial charge in [0.2, 0.25) is 0 Å². The minimum atomic E-state index is -4.04. The Morgan fingerprint density at radius 1 is 1.15 bits per heavy atom. The molecular formula is C16H13F4N5O. The van der Waals surface area contributed by atoms with Gasteiger partial charge in [-0.3, -0.25) is 4.98 Å². The molecule has 1 N–H and O–H groups in total. The summed E-state index contributed by atoms with van der Waals surface area (Å²) in [5.74, 6) is -6.33. The number of aromatic nitrogens is 5. The van der Waals surface area contributed by atoms with Gasteiger partial charge in [0.15, 0.2) is 5.60 Å². The van der Waals surface area contributed by atoms with Crippen LogP contribution in [-0.4, -0.2) is 30.3 Å². The summed E-state index contributed by atoms with van der Waals surface area (Å²) in [4.78, 5) is 3.65. The Kier molecular flexibility index (Phi) is 4.45. The lowest BCUT2D eigenvalue weighted by atomic mass is 9.84. The molecule has 0 spiro atoms. The first-order valence-corrected chi connectivity index (χ1v) is 7.43. The van der Waals surface area contributed by atoms with E-state index in [0.717, 1.165) is 29.2 Å². The van der Waals surface area contributed by atoms with E-state index < -0.39 is 41.0 Å². The highest BCUT2D eigenvalue weighted by Crippen LogP contribution is 2.46. The zero-order valence-electron chi connectivity index (χ0n) is 13.4. The van der Waals surface area contributed by atoms with E-state index in [-0.39, 0.29) is 0 Å². The fraction of sp³-hybridized carbons (Fsp3) is 0.250. The lowest BCUT2D eigenvalue weighted by molar-refractivity contribution is -0.207. The van der Waals surface area contributed by atoms with Crippen molar-refractivity contribution in [2.45, 2.75) is 25.0 Å². The molecule has 0 aliphatic rings. The summed E-state index contributed by atoms with van der Waals surface area (Å²) in [6.07, 6.45) is 2.19. The fourth-order valence-corrected chi connectivity index (χ4v) is 2.53. The van der Waals surface area contributed by atoms with Gasteiger partial charge in [-0.1, -0.05) is 6.07 Å². The summed E-state index contributed by atoms with van der Waals surface area (Å²) in [5.41, 5.74) is -4.08. The van der Waals surface area contributed by atoms with Gasteiger partial charge in [-0.2, -0.15) is 8.78 Å². The molecule has 0 bridgehead atoms. The van der Waals surface area contributed by atoms with Crippen LogP contribution < -0.4 is 0 Å². The Hall–Kier alpha value is -2.88. The lowest BCUT2D eigenvalue weighted by Crippen LogP contribution is -2.48. The largest absolute Gasteiger partial charge is 0.377 e. The first-order valence-electron chi connectivity index (χ1n) is 7.43. The normalized spacial score (nSPS) is 14.2. The molecule has 1 aromatic carbocycles. The van der Waals surface area contributed by atoms with Gasteiger partial charge in [0, 0.05) is 17.8 Å². The highest BCUT2D eigenvalue weighted by Gasteiger charge is 2.57. The number of hydrogen-bond donors (Lipinski definition) is 1. The van der Waals surface area contributed by atoms with E-state index in [9.17, 15) is 13.9 Å². The third-order valence-corrected chi connectivity index (χ3v) is 3.91. The maximum absolute atomic E-state index is 15.2. The zero-order valence-corrected chi connectivity index (χ0v) is 13.4. The molecule has 0 aliphatic carbocycles. The van der Waals surface area contributed by atoms with Gasteiger partial charge in [-0.05, 0) is 41.1 Å². The van der Waals surface area contributed by atoms with Gasteiger partial charge in [0.05, 0.1) is 6.54 Å². The molecular weight excluding hydrogens is 354 g/mol. The molecule has 3 rings (SSSR count). The van der Waals surface area contributed by atoms with Crippen molar-refractivity contribution >= 4 is 0 Å². The number of tetrazole rings is 1. The van der Waals surface area contributed by atoms with Gasteiger partial charge in [-0.25, -0.2) is 13.5 Å². The quantitative estimate of drug-likeness (QED) is 0.701. The van der Waals surface area contributed by atoms with Crippen molar-refractivity contribution in [3.63, 3.8) is 0 Å². The van der Waals surface area contributed by atoms with Gasteiger partial charge in [-0.15, -0.1) is 5.10 Å². The first-order chi connectivity index (χ1) is 12.2. The van der Waals surface area contributed by atoms with Crippen LogP contribution in [-0.2, 0) is 18.1 Å². The number of pyridine rings is 1. The Balaban J connectivity index is 2.17. The van der Waals surface area contributed by atoms with Crippen LogP contribution in [0.2, 0.25) is 0 Å². The second-order valence-corrected chi connectivity index (χ2v) is 5.79. The number of halogens is 4. The molecule has 6 nitrogen and oxygen atoms in total. The van der Waals surface area contributed by atoms with Crippen LogP contribution in [0.15, 0.2) is 42.9 Å². The molecule has 2 aromatic heterocycles. The Morgan fingerprint density at radius 2 is 1.92 bits per heavy atom. The van der Waals surface area contributed by atoms with Crippen molar-refractivity contribution < 1.29 is 22.7 Å². The number of nitrogens with zero attached hydrogens (tertiary/aromatic N) is 5. The lowest BCUT2D eigenvalue weighted by Gasteiger charge is -2.35. The molecule has 0 radical (unpaired) electrons. The summed E-state index contributed by atoms with van der Waals surface area (Å²) in [7, 11) is 0. The predicted molar refractivity (Wildman–Crippen MR) is 80.9 cm³/mol. The second kappa shape index (κ2) is 6.45. The van der Waals surface area contributed by atoms with Crippen LogP contribution in [0.4, 0.5) is 17.6 Å². The SMILES string of the molecule is Cc1ccc(C(F)(F)[C@](O)(Cn2cnnn2)c2ccc(F)cc2F)nc1. The average molecular weight is 367 g/mol. The molecule has 1 atom stereocenters. The monoisotopic (exact) mass is 367 g/mol. The van der Waals surface area contributed by atoms with E-state index in [2.05, 4.69) is 20.5 Å². The van der Waals surface area contributed by atoms with Gasteiger partial charge in [0.25, 0.3) is 0 Å². The van der Waals surface area contributed by atoms with Crippen LogP contribution in [0.1, 0.15) is 16.8 Å². The minimum Gasteiger partial charge on any atom is -0.377 e. The van der Waals surface area contributed by atoms with Gasteiger partial charge in [0.1, 0.15) is 23.7 Å². The maximum atomic E-state index is 15.2. The molecule has 0 aliphatic heterocycles. The van der Waals surface area contributed by atoms with Crippen LogP contribution in [0.25, 0.3) is 0 Å². The Bertz CT molecular complexity index is 902. The minimum absolute atomic E-state index is 0.415. The summed E-state index contributed by atoms with van der Waals surface area (Å²) in [5, 5.41) is 21.0. The van der Waals surface area contributed by atoms with Crippen LogP contribution in [0.3, 0.4) is 0 Å². The second-order valence-electron chi connectivity index (χ2n) is 5.79. The third kappa shape index (κ3) is 3.03. The predicted octanol–water partition coefficient (Wildman–Crippen LogP) is 2.33. The van der Waals surface area contributed by atoms with E-state index in [1.165, 1.54) is 12.3 Å². The molecule has 3 aromatic rings. The molecule has 136 valence electrons. The van der Waals surface area contributed by atoms with Crippen LogP contribution in [0, 0.1) is 18.6 Å². The van der Waals surface area contributed by atoms with Crippen molar-refractivity contribution in [2.75, 3.05) is 0 Å². The van der Waals surface area contributed by atoms with Crippen molar-refractivity contribution in [3.05, 3.63) is 71.3 Å². The molecule has 0 saturated heterocycles. The summed E-state index contributed by atoms with van der Waals surface area (Å²) >= 11 is 0. The highest BCUT2D eigenvalue weighted by atomic mass is 19.3. The molecule has 10 heteroatoms. The maximum Gasteiger partial charge on any atom is 0.323 e. The Labute approximate surface area is 145 Å². The molecule has 0 saturated carbocycles. The number of rotatable bonds is 5. The molecule has 0 unspecified atom stereocenters. The number of benzene rings is 1. The van der Waals surface area contributed by atoms with E-state index in [4.69, 9.17) is 0 Å². The smallest absolute Gasteiger partial charge is 0.323 e. The third-order valence-electron chi connectivity index (χ3n) is 3.91. The summed E-state index contributed by atoms with van der Waals surface area (Å²) in [6, 6.07) is 4.37. The topological polar surface area (TPSA) is 76.7 Å². The zero-order chi connectivity index (χ0) is 18.9. The fourth-order valence-electron chi connectivity index (χ4n) is 2.53. The average Bonchev–Trinajstić information content (AvgIpc) is 3.07. The van der Waals surface area contributed by atoms with E-state index in [1.807, 2.05) is 0 Å². The van der Waals surface area contributed by atoms with E-state index in [1.54, 1.807) is 6.92 Å². The van der Waals surface area contributed by atoms with Crippen molar-refractivity contribution in [3.8, 4) is 0 Å². The highest BCUT2D eigenvalue weighted by molar-refractivity contribution is 5.31. The molecule has 0 fully saturated rings. The van der Waals surface area contributed by atoms with E-state index >= 15 is 8.78 Å². The van der Waals surface area contributed by atoms with Gasteiger partial charge >= 0.3 is 5.92 Å².